The molecule has 1 aliphatic heterocycles. The molecule has 0 radical (unpaired) electrons. The minimum Gasteiger partial charge on any atom is -0.392 e. The summed E-state index contributed by atoms with van der Waals surface area (Å²) in [5.41, 5.74) is -0.475. The number of carbonyl (C=O) groups excluding carboxylic acids is 2. The van der Waals surface area contributed by atoms with Crippen molar-refractivity contribution in [2.75, 3.05) is 0 Å². The van der Waals surface area contributed by atoms with Gasteiger partial charge in [0.25, 0.3) is 0 Å². The van der Waals surface area contributed by atoms with Gasteiger partial charge >= 0.3 is 11.9 Å². The first-order valence-corrected chi connectivity index (χ1v) is 4.85. The molecule has 0 bridgehead atoms. The number of cyclic esters (lactones) is 2. The van der Waals surface area contributed by atoms with E-state index in [1.54, 1.807) is 0 Å². The van der Waals surface area contributed by atoms with Crippen LogP contribution in [0.25, 0.3) is 0 Å². The Bertz CT molecular complexity index is 271. The van der Waals surface area contributed by atoms with E-state index in [1.165, 1.54) is 0 Å². The molecule has 0 unspecified atom stereocenters. The molecular formula is C10H14O3. The summed E-state index contributed by atoms with van der Waals surface area (Å²) in [4.78, 5) is 22.8. The quantitative estimate of drug-likeness (QED) is 0.421. The summed E-state index contributed by atoms with van der Waals surface area (Å²) in [6, 6.07) is 0. The Hall–Kier alpha value is -0.860. The Morgan fingerprint density at radius 2 is 2.08 bits per heavy atom. The number of hydrogen-bond acceptors (Lipinski definition) is 3. The second kappa shape index (κ2) is 2.56. The molecule has 13 heavy (non-hydrogen) atoms. The largest absolute Gasteiger partial charge is 0.392 e. The predicted molar refractivity (Wildman–Crippen MR) is 45.7 cm³/mol. The molecule has 3 heteroatoms. The molecule has 72 valence electrons. The molecule has 2 fully saturated rings. The minimum atomic E-state index is -0.475. The second-order valence-electron chi connectivity index (χ2n) is 4.26. The number of esters is 2. The molecule has 0 aromatic rings. The summed E-state index contributed by atoms with van der Waals surface area (Å²) in [6.07, 6.45) is 2.89. The topological polar surface area (TPSA) is 43.4 Å². The first-order chi connectivity index (χ1) is 6.09. The lowest BCUT2D eigenvalue weighted by Gasteiger charge is -2.26. The van der Waals surface area contributed by atoms with E-state index in [0.29, 0.717) is 5.92 Å². The molecule has 2 aliphatic rings. The molecule has 0 aromatic carbocycles. The van der Waals surface area contributed by atoms with Crippen LogP contribution in [0.3, 0.4) is 0 Å². The smallest absolute Gasteiger partial charge is 0.320 e. The molecular weight excluding hydrogens is 168 g/mol. The van der Waals surface area contributed by atoms with E-state index in [2.05, 4.69) is 0 Å². The maximum Gasteiger partial charge on any atom is 0.320 e. The van der Waals surface area contributed by atoms with Crippen molar-refractivity contribution in [2.45, 2.75) is 33.1 Å². The maximum absolute atomic E-state index is 11.6. The van der Waals surface area contributed by atoms with Crippen LogP contribution < -0.4 is 0 Å². The summed E-state index contributed by atoms with van der Waals surface area (Å²) in [5.74, 6) is -0.562. The van der Waals surface area contributed by atoms with Gasteiger partial charge in [0.1, 0.15) is 0 Å². The van der Waals surface area contributed by atoms with Crippen LogP contribution >= 0.6 is 0 Å². The van der Waals surface area contributed by atoms with Crippen molar-refractivity contribution in [3.8, 4) is 0 Å². The van der Waals surface area contributed by atoms with Crippen LogP contribution in [0.5, 0.6) is 0 Å². The van der Waals surface area contributed by atoms with Crippen LogP contribution in [0.15, 0.2) is 0 Å². The van der Waals surface area contributed by atoms with E-state index in [9.17, 15) is 9.59 Å². The Kier molecular flexibility index (Phi) is 1.72. The van der Waals surface area contributed by atoms with E-state index < -0.39 is 5.41 Å². The zero-order chi connectivity index (χ0) is 9.64. The van der Waals surface area contributed by atoms with Gasteiger partial charge in [-0.15, -0.1) is 0 Å². The highest BCUT2D eigenvalue weighted by molar-refractivity contribution is 5.99. The fraction of sp³-hybridized carbons (Fsp3) is 0.800. The zero-order valence-corrected chi connectivity index (χ0v) is 8.00. The Labute approximate surface area is 77.4 Å². The first-order valence-electron chi connectivity index (χ1n) is 4.85. The van der Waals surface area contributed by atoms with Gasteiger partial charge in [0, 0.05) is 0 Å². The Balaban J connectivity index is 2.40. The molecule has 1 aliphatic carbocycles. The average molecular weight is 182 g/mol. The lowest BCUT2D eigenvalue weighted by molar-refractivity contribution is -0.155. The highest BCUT2D eigenvalue weighted by Gasteiger charge is 2.59. The third kappa shape index (κ3) is 0.901. The van der Waals surface area contributed by atoms with Gasteiger partial charge in [-0.3, -0.25) is 9.59 Å². The average Bonchev–Trinajstić information content (AvgIpc) is 2.54. The second-order valence-corrected chi connectivity index (χ2v) is 4.26. The molecule has 3 nitrogen and oxygen atoms in total. The van der Waals surface area contributed by atoms with Crippen LogP contribution in [0, 0.1) is 17.3 Å². The van der Waals surface area contributed by atoms with Crippen molar-refractivity contribution in [2.24, 2.45) is 17.3 Å². The van der Waals surface area contributed by atoms with Gasteiger partial charge in [0.05, 0.1) is 11.3 Å². The van der Waals surface area contributed by atoms with Gasteiger partial charge in [-0.25, -0.2) is 0 Å². The van der Waals surface area contributed by atoms with Gasteiger partial charge < -0.3 is 4.74 Å². The van der Waals surface area contributed by atoms with Crippen LogP contribution in [0.2, 0.25) is 0 Å². The summed E-state index contributed by atoms with van der Waals surface area (Å²) in [6.45, 7) is 3.86. The monoisotopic (exact) mass is 182 g/mol. The molecule has 1 saturated carbocycles. The normalized spacial score (nSPS) is 44.5. The first kappa shape index (κ1) is 8.73. The van der Waals surface area contributed by atoms with Crippen molar-refractivity contribution in [3.63, 3.8) is 0 Å². The van der Waals surface area contributed by atoms with Crippen molar-refractivity contribution in [1.29, 1.82) is 0 Å². The van der Waals surface area contributed by atoms with Crippen LogP contribution in [0.1, 0.15) is 33.1 Å². The summed E-state index contributed by atoms with van der Waals surface area (Å²) >= 11 is 0. The fourth-order valence-electron chi connectivity index (χ4n) is 2.81. The Morgan fingerprint density at radius 3 is 2.46 bits per heavy atom. The van der Waals surface area contributed by atoms with Gasteiger partial charge in [0.2, 0.25) is 0 Å². The van der Waals surface area contributed by atoms with Crippen molar-refractivity contribution < 1.29 is 14.3 Å². The highest BCUT2D eigenvalue weighted by atomic mass is 16.6. The van der Waals surface area contributed by atoms with Gasteiger partial charge in [0.15, 0.2) is 0 Å². The lowest BCUT2D eigenvalue weighted by atomic mass is 9.71. The van der Waals surface area contributed by atoms with E-state index in [-0.39, 0.29) is 17.9 Å². The number of ether oxygens (including phenoxy) is 1. The third-order valence-corrected chi connectivity index (χ3v) is 3.81. The van der Waals surface area contributed by atoms with Gasteiger partial charge in [-0.2, -0.15) is 0 Å². The summed E-state index contributed by atoms with van der Waals surface area (Å²) in [5, 5.41) is 0. The van der Waals surface area contributed by atoms with Crippen molar-refractivity contribution >= 4 is 11.9 Å². The van der Waals surface area contributed by atoms with Crippen LogP contribution in [0.4, 0.5) is 0 Å². The van der Waals surface area contributed by atoms with Crippen molar-refractivity contribution in [3.05, 3.63) is 0 Å². The number of carbonyl (C=O) groups is 2. The maximum atomic E-state index is 11.6. The highest BCUT2D eigenvalue weighted by Crippen LogP contribution is 2.52. The SMILES string of the molecule is C[C@@H]1CCC[C@]12C(=O)OC(=O)[C@@H]2C. The molecule has 2 rings (SSSR count). The fourth-order valence-corrected chi connectivity index (χ4v) is 2.81. The molecule has 3 atom stereocenters. The van der Waals surface area contributed by atoms with Crippen molar-refractivity contribution in [1.82, 2.24) is 0 Å². The zero-order valence-electron chi connectivity index (χ0n) is 8.00. The summed E-state index contributed by atoms with van der Waals surface area (Å²) in [7, 11) is 0. The number of hydrogen-bond donors (Lipinski definition) is 0. The van der Waals surface area contributed by atoms with E-state index >= 15 is 0 Å². The third-order valence-electron chi connectivity index (χ3n) is 3.81. The van der Waals surface area contributed by atoms with Crippen LogP contribution in [-0.4, -0.2) is 11.9 Å². The molecule has 0 amide bonds. The molecule has 1 spiro atoms. The van der Waals surface area contributed by atoms with Crippen LogP contribution in [-0.2, 0) is 14.3 Å². The standard InChI is InChI=1S/C10H14O3/c1-6-4-3-5-10(6)7(2)8(11)13-9(10)12/h6-7H,3-5H2,1-2H3/t6-,7+,10+/m1/s1. The van der Waals surface area contributed by atoms with Gasteiger partial charge in [-0.1, -0.05) is 20.3 Å². The molecule has 1 saturated heterocycles. The predicted octanol–water partition coefficient (Wildman–Crippen LogP) is 1.51. The minimum absolute atomic E-state index is 0.238. The summed E-state index contributed by atoms with van der Waals surface area (Å²) < 4.78 is 4.70. The lowest BCUT2D eigenvalue weighted by Crippen LogP contribution is -2.34. The van der Waals surface area contributed by atoms with E-state index in [0.717, 1.165) is 19.3 Å². The molecule has 0 aromatic heterocycles. The Morgan fingerprint density at radius 1 is 1.38 bits per heavy atom. The van der Waals surface area contributed by atoms with E-state index in [4.69, 9.17) is 4.74 Å². The molecule has 0 N–H and O–H groups in total. The van der Waals surface area contributed by atoms with Gasteiger partial charge in [-0.05, 0) is 18.8 Å². The van der Waals surface area contributed by atoms with E-state index in [1.807, 2.05) is 13.8 Å². The molecule has 1 heterocycles. The number of rotatable bonds is 0.